The summed E-state index contributed by atoms with van der Waals surface area (Å²) in [6.07, 6.45) is 6.02. The number of aryl methyl sites for hydroxylation is 2. The van der Waals surface area contributed by atoms with Gasteiger partial charge in [0.15, 0.2) is 0 Å². The molecule has 5 heteroatoms. The van der Waals surface area contributed by atoms with Gasteiger partial charge in [0.05, 0.1) is 30.0 Å². The van der Waals surface area contributed by atoms with E-state index in [1.54, 1.807) is 6.20 Å². The van der Waals surface area contributed by atoms with Crippen molar-refractivity contribution in [1.82, 2.24) is 4.98 Å². The molecular formula is C17H17BN3O+. The first kappa shape index (κ1) is 13.1. The summed E-state index contributed by atoms with van der Waals surface area (Å²) in [4.78, 5) is 6.59. The zero-order valence-corrected chi connectivity index (χ0v) is 12.9. The number of furan rings is 1. The number of nitrogens with zero attached hydrogens (tertiary/aromatic N) is 3. The molecule has 4 rings (SSSR count). The Morgan fingerprint density at radius 2 is 2.18 bits per heavy atom. The molecule has 0 spiro atoms. The highest BCUT2D eigenvalue weighted by Gasteiger charge is 2.29. The molecule has 0 aromatic carbocycles. The molecule has 0 unspecified atom stereocenters. The van der Waals surface area contributed by atoms with Gasteiger partial charge in [-0.25, -0.2) is 9.55 Å². The molecule has 0 bridgehead atoms. The minimum Gasteiger partial charge on any atom is -0.439 e. The normalized spacial score (nSPS) is 13.8. The molecule has 1 aliphatic heterocycles. The quantitative estimate of drug-likeness (QED) is 0.498. The first-order valence-corrected chi connectivity index (χ1v) is 7.45. The van der Waals surface area contributed by atoms with Crippen molar-refractivity contribution < 1.29 is 8.98 Å². The van der Waals surface area contributed by atoms with Crippen molar-refractivity contribution in [3.8, 4) is 0 Å². The van der Waals surface area contributed by atoms with E-state index in [1.165, 1.54) is 5.56 Å². The second-order valence-electron chi connectivity index (χ2n) is 5.85. The summed E-state index contributed by atoms with van der Waals surface area (Å²) in [5, 5.41) is 2.16. The highest BCUT2D eigenvalue weighted by molar-refractivity contribution is 6.76. The standard InChI is InChI=1S/C17H17BN3O/c1-12-6-8-20(3)16(9-12)21-11-14-13-5-4-7-19-17(13)22-15(14)10-18(21)2/h4-11H,1-3H3/q+1. The summed E-state index contributed by atoms with van der Waals surface area (Å²) in [6.45, 7) is 4.51. The lowest BCUT2D eigenvalue weighted by atomic mass is 9.62. The molecule has 0 saturated carbocycles. The van der Waals surface area contributed by atoms with Crippen LogP contribution in [-0.4, -0.2) is 11.8 Å². The lowest BCUT2D eigenvalue weighted by Gasteiger charge is -2.19. The van der Waals surface area contributed by atoms with E-state index in [9.17, 15) is 0 Å². The van der Waals surface area contributed by atoms with E-state index in [0.717, 1.165) is 21.8 Å². The van der Waals surface area contributed by atoms with Gasteiger partial charge in [0.2, 0.25) is 5.71 Å². The molecule has 4 nitrogen and oxygen atoms in total. The topological polar surface area (TPSA) is 33.2 Å². The molecule has 0 fully saturated rings. The molecular weight excluding hydrogens is 273 g/mol. The SMILES string of the molecule is CB1C=c2oc3ncccc3c2=CN1c1cc(C)cc[n+]1C. The lowest BCUT2D eigenvalue weighted by Crippen LogP contribution is -2.47. The summed E-state index contributed by atoms with van der Waals surface area (Å²) in [5.74, 6) is 3.31. The van der Waals surface area contributed by atoms with Gasteiger partial charge in [-0.3, -0.25) is 4.81 Å². The highest BCUT2D eigenvalue weighted by Crippen LogP contribution is 2.16. The summed E-state index contributed by atoms with van der Waals surface area (Å²) in [5.41, 5.74) is 2.86. The molecule has 0 saturated heterocycles. The van der Waals surface area contributed by atoms with Crippen LogP contribution in [0.25, 0.3) is 23.3 Å². The Morgan fingerprint density at radius 1 is 1.32 bits per heavy atom. The maximum absolute atomic E-state index is 5.87. The van der Waals surface area contributed by atoms with Gasteiger partial charge in [-0.05, 0) is 43.5 Å². The van der Waals surface area contributed by atoms with Crippen LogP contribution in [0.2, 0.25) is 6.82 Å². The van der Waals surface area contributed by atoms with E-state index in [-0.39, 0.29) is 6.85 Å². The van der Waals surface area contributed by atoms with Crippen molar-refractivity contribution in [2.75, 3.05) is 4.81 Å². The predicted molar refractivity (Wildman–Crippen MR) is 88.6 cm³/mol. The van der Waals surface area contributed by atoms with Gasteiger partial charge < -0.3 is 4.42 Å². The third-order valence-electron chi connectivity index (χ3n) is 4.18. The number of aromatic nitrogens is 2. The second kappa shape index (κ2) is 4.73. The molecule has 0 amide bonds. The first-order valence-electron chi connectivity index (χ1n) is 7.45. The van der Waals surface area contributed by atoms with E-state index < -0.39 is 0 Å². The van der Waals surface area contributed by atoms with Crippen LogP contribution in [0.15, 0.2) is 41.1 Å². The minimum absolute atomic E-state index is 0.223. The van der Waals surface area contributed by atoms with Crippen molar-refractivity contribution in [1.29, 1.82) is 0 Å². The van der Waals surface area contributed by atoms with Crippen molar-refractivity contribution >= 4 is 35.9 Å². The van der Waals surface area contributed by atoms with Crippen LogP contribution in [0.3, 0.4) is 0 Å². The van der Waals surface area contributed by atoms with E-state index in [1.807, 2.05) is 6.07 Å². The molecule has 3 aromatic rings. The zero-order valence-electron chi connectivity index (χ0n) is 12.9. The van der Waals surface area contributed by atoms with Crippen molar-refractivity contribution in [3.63, 3.8) is 0 Å². The van der Waals surface area contributed by atoms with Crippen LogP contribution in [0, 0.1) is 6.92 Å². The van der Waals surface area contributed by atoms with Gasteiger partial charge in [0, 0.05) is 12.3 Å². The predicted octanol–water partition coefficient (Wildman–Crippen LogP) is 1.16. The second-order valence-corrected chi connectivity index (χ2v) is 5.85. The third-order valence-corrected chi connectivity index (χ3v) is 4.18. The Bertz CT molecular complexity index is 993. The van der Waals surface area contributed by atoms with Gasteiger partial charge >= 0.3 is 6.85 Å². The average Bonchev–Trinajstić information content (AvgIpc) is 2.86. The molecule has 0 aliphatic carbocycles. The summed E-state index contributed by atoms with van der Waals surface area (Å²) in [7, 11) is 2.07. The molecule has 0 radical (unpaired) electrons. The van der Waals surface area contributed by atoms with E-state index in [0.29, 0.717) is 5.71 Å². The van der Waals surface area contributed by atoms with Gasteiger partial charge in [0.25, 0.3) is 5.82 Å². The van der Waals surface area contributed by atoms with Gasteiger partial charge in [-0.15, -0.1) is 0 Å². The van der Waals surface area contributed by atoms with Crippen molar-refractivity contribution in [3.05, 3.63) is 52.9 Å². The smallest absolute Gasteiger partial charge is 0.405 e. The number of fused-ring (bicyclic) bond motifs is 3. The fourth-order valence-electron chi connectivity index (χ4n) is 2.97. The van der Waals surface area contributed by atoms with Gasteiger partial charge in [-0.1, -0.05) is 0 Å². The Labute approximate surface area is 129 Å². The van der Waals surface area contributed by atoms with Crippen LogP contribution in [0.4, 0.5) is 5.82 Å². The molecule has 22 heavy (non-hydrogen) atoms. The fourth-order valence-corrected chi connectivity index (χ4v) is 2.97. The number of rotatable bonds is 1. The van der Waals surface area contributed by atoms with Crippen LogP contribution in [0.1, 0.15) is 5.56 Å². The number of hydrogen-bond donors (Lipinski definition) is 0. The molecule has 1 aliphatic rings. The van der Waals surface area contributed by atoms with Crippen molar-refractivity contribution in [2.24, 2.45) is 7.05 Å². The van der Waals surface area contributed by atoms with Crippen LogP contribution in [-0.2, 0) is 7.05 Å². The Hall–Kier alpha value is -2.56. The average molecular weight is 290 g/mol. The minimum atomic E-state index is 0.223. The number of anilines is 1. The summed E-state index contributed by atoms with van der Waals surface area (Å²) >= 11 is 0. The first-order chi connectivity index (χ1) is 10.6. The molecule has 108 valence electrons. The van der Waals surface area contributed by atoms with Crippen molar-refractivity contribution in [2.45, 2.75) is 13.7 Å². The molecule has 0 N–H and O–H groups in total. The maximum Gasteiger partial charge on any atom is 0.405 e. The molecule has 0 atom stereocenters. The number of pyridine rings is 2. The largest absolute Gasteiger partial charge is 0.439 e. The summed E-state index contributed by atoms with van der Waals surface area (Å²) in [6, 6.07) is 8.32. The van der Waals surface area contributed by atoms with Gasteiger partial charge in [0.1, 0.15) is 5.42 Å². The highest BCUT2D eigenvalue weighted by atomic mass is 16.3. The van der Waals surface area contributed by atoms with E-state index in [2.05, 4.69) is 71.7 Å². The van der Waals surface area contributed by atoms with E-state index in [4.69, 9.17) is 4.42 Å². The van der Waals surface area contributed by atoms with Crippen LogP contribution >= 0.6 is 0 Å². The Morgan fingerprint density at radius 3 is 3.05 bits per heavy atom. The zero-order chi connectivity index (χ0) is 15.3. The van der Waals surface area contributed by atoms with E-state index >= 15 is 0 Å². The van der Waals surface area contributed by atoms with Gasteiger partial charge in [-0.2, -0.15) is 0 Å². The Kier molecular flexibility index (Phi) is 2.82. The summed E-state index contributed by atoms with van der Waals surface area (Å²) < 4.78 is 8.01. The fraction of sp³-hybridized carbons (Fsp3) is 0.176. The number of hydrogen-bond acceptors (Lipinski definition) is 3. The lowest BCUT2D eigenvalue weighted by molar-refractivity contribution is -0.658. The monoisotopic (exact) mass is 290 g/mol. The van der Waals surface area contributed by atoms with Crippen LogP contribution < -0.4 is 20.0 Å². The Balaban J connectivity index is 1.98. The molecule has 3 aromatic heterocycles. The third kappa shape index (κ3) is 1.93. The maximum atomic E-state index is 5.87. The molecule has 4 heterocycles. The van der Waals surface area contributed by atoms with Crippen LogP contribution in [0.5, 0.6) is 0 Å².